The summed E-state index contributed by atoms with van der Waals surface area (Å²) in [5, 5.41) is 10.7. The number of hydroxylamine groups is 1. The molecule has 0 spiro atoms. The van der Waals surface area contributed by atoms with Gasteiger partial charge in [0.25, 0.3) is 10.0 Å². The number of primary amides is 1. The van der Waals surface area contributed by atoms with Crippen LogP contribution < -0.4 is 10.5 Å². The van der Waals surface area contributed by atoms with E-state index in [9.17, 15) is 18.4 Å². The summed E-state index contributed by atoms with van der Waals surface area (Å²) in [6.45, 7) is 3.34. The van der Waals surface area contributed by atoms with Gasteiger partial charge in [-0.25, -0.2) is 8.42 Å². The maximum atomic E-state index is 13.1. The van der Waals surface area contributed by atoms with Crippen molar-refractivity contribution in [3.05, 3.63) is 90.5 Å². The molecule has 0 unspecified atom stereocenters. The molecule has 3 aromatic rings. The highest BCUT2D eigenvalue weighted by Gasteiger charge is 2.44. The predicted molar refractivity (Wildman–Crippen MR) is 129 cm³/mol. The van der Waals surface area contributed by atoms with E-state index in [-0.39, 0.29) is 9.36 Å². The van der Waals surface area contributed by atoms with Crippen LogP contribution in [0.1, 0.15) is 19.4 Å². The Labute approximate surface area is 198 Å². The summed E-state index contributed by atoms with van der Waals surface area (Å²) in [7, 11) is -4.42. The van der Waals surface area contributed by atoms with Gasteiger partial charge in [-0.05, 0) is 55.8 Å². The molecule has 7 nitrogen and oxygen atoms in total. The highest BCUT2D eigenvalue weighted by Crippen LogP contribution is 2.35. The standard InChI is InChI=1S/C24H26N2O5S2/c1-24(2,32-17-18-9-5-3-6-10-18)22(23(25)27)26(28)33(29,30)21-15-13-20(14-16-21)31-19-11-7-4-8-12-19/h3-16,22,28H,17H2,1-2H3,(H2,25,27)/t22-/m0/s1. The number of nitrogens with two attached hydrogens (primary N) is 1. The molecule has 1 amide bonds. The molecule has 0 radical (unpaired) electrons. The van der Waals surface area contributed by atoms with Gasteiger partial charge in [0.2, 0.25) is 5.91 Å². The van der Waals surface area contributed by atoms with E-state index >= 15 is 0 Å². The average Bonchev–Trinajstić information content (AvgIpc) is 2.79. The monoisotopic (exact) mass is 486 g/mol. The van der Waals surface area contributed by atoms with Crippen LogP contribution in [-0.4, -0.2) is 34.8 Å². The Morgan fingerprint density at radius 3 is 2.03 bits per heavy atom. The number of rotatable bonds is 10. The van der Waals surface area contributed by atoms with Gasteiger partial charge in [0, 0.05) is 10.5 Å². The first kappa shape index (κ1) is 24.8. The maximum absolute atomic E-state index is 13.1. The Hall–Kier alpha value is -2.85. The first-order valence-electron chi connectivity index (χ1n) is 10.1. The van der Waals surface area contributed by atoms with Crippen molar-refractivity contribution < 1.29 is 23.2 Å². The van der Waals surface area contributed by atoms with E-state index in [1.54, 1.807) is 26.0 Å². The van der Waals surface area contributed by atoms with Crippen molar-refractivity contribution in [1.29, 1.82) is 0 Å². The average molecular weight is 487 g/mol. The van der Waals surface area contributed by atoms with Gasteiger partial charge < -0.3 is 10.5 Å². The van der Waals surface area contributed by atoms with Crippen LogP contribution in [0.3, 0.4) is 0 Å². The molecule has 0 saturated carbocycles. The number of hydrogen-bond donors (Lipinski definition) is 2. The topological polar surface area (TPSA) is 110 Å². The molecule has 0 bridgehead atoms. The van der Waals surface area contributed by atoms with E-state index in [1.165, 1.54) is 36.0 Å². The first-order valence-corrected chi connectivity index (χ1v) is 12.6. The summed E-state index contributed by atoms with van der Waals surface area (Å²) in [4.78, 5) is 12.1. The number of para-hydroxylation sites is 1. The fraction of sp³-hybridized carbons (Fsp3) is 0.208. The minimum absolute atomic E-state index is 0.0698. The van der Waals surface area contributed by atoms with Crippen molar-refractivity contribution in [3.8, 4) is 11.5 Å². The third-order valence-electron chi connectivity index (χ3n) is 4.95. The lowest BCUT2D eigenvalue weighted by Gasteiger charge is -2.35. The molecule has 33 heavy (non-hydrogen) atoms. The van der Waals surface area contributed by atoms with Crippen LogP contribution in [0.25, 0.3) is 0 Å². The van der Waals surface area contributed by atoms with Crippen LogP contribution >= 0.6 is 11.8 Å². The van der Waals surface area contributed by atoms with Crippen LogP contribution in [0.2, 0.25) is 0 Å². The molecule has 0 aliphatic rings. The first-order chi connectivity index (χ1) is 15.6. The second-order valence-corrected chi connectivity index (χ2v) is 11.3. The number of benzene rings is 3. The third kappa shape index (κ3) is 6.14. The quantitative estimate of drug-likeness (QED) is 0.411. The van der Waals surface area contributed by atoms with E-state index in [1.807, 2.05) is 48.5 Å². The summed E-state index contributed by atoms with van der Waals surface area (Å²) in [5.41, 5.74) is 6.54. The molecule has 0 saturated heterocycles. The van der Waals surface area contributed by atoms with Crippen LogP contribution in [0.4, 0.5) is 0 Å². The lowest BCUT2D eigenvalue weighted by molar-refractivity contribution is -0.132. The Bertz CT molecular complexity index is 1170. The van der Waals surface area contributed by atoms with Crippen molar-refractivity contribution in [2.24, 2.45) is 5.73 Å². The third-order valence-corrected chi connectivity index (χ3v) is 7.97. The normalized spacial score (nSPS) is 13.0. The lowest BCUT2D eigenvalue weighted by atomic mass is 10.0. The molecule has 1 atom stereocenters. The minimum Gasteiger partial charge on any atom is -0.457 e. The molecule has 0 heterocycles. The molecule has 0 aliphatic carbocycles. The molecule has 9 heteroatoms. The number of amides is 1. The smallest absolute Gasteiger partial charge is 0.265 e. The molecule has 3 aromatic carbocycles. The van der Waals surface area contributed by atoms with Gasteiger partial charge in [0.1, 0.15) is 17.5 Å². The zero-order chi connectivity index (χ0) is 24.1. The number of carbonyl (C=O) groups excluding carboxylic acids is 1. The minimum atomic E-state index is -4.42. The fourth-order valence-electron chi connectivity index (χ4n) is 3.19. The van der Waals surface area contributed by atoms with Crippen LogP contribution in [0, 0.1) is 0 Å². The highest BCUT2D eigenvalue weighted by atomic mass is 32.2. The van der Waals surface area contributed by atoms with E-state index in [0.717, 1.165) is 5.56 Å². The molecule has 3 N–H and O–H groups in total. The van der Waals surface area contributed by atoms with Gasteiger partial charge in [0.15, 0.2) is 0 Å². The van der Waals surface area contributed by atoms with E-state index < -0.39 is 26.7 Å². The highest BCUT2D eigenvalue weighted by molar-refractivity contribution is 8.00. The zero-order valence-electron chi connectivity index (χ0n) is 18.3. The molecule has 174 valence electrons. The SMILES string of the molecule is CC(C)(SCc1ccccc1)[C@H](C(N)=O)N(O)S(=O)(=O)c1ccc(Oc2ccccc2)cc1. The summed E-state index contributed by atoms with van der Waals surface area (Å²) < 4.78 is 30.9. The van der Waals surface area contributed by atoms with Gasteiger partial charge in [-0.15, -0.1) is 11.8 Å². The summed E-state index contributed by atoms with van der Waals surface area (Å²) in [6, 6.07) is 22.6. The van der Waals surface area contributed by atoms with Crippen molar-refractivity contribution in [2.75, 3.05) is 0 Å². The fourth-order valence-corrected chi connectivity index (χ4v) is 5.70. The largest absolute Gasteiger partial charge is 0.457 e. The van der Waals surface area contributed by atoms with E-state index in [2.05, 4.69) is 0 Å². The summed E-state index contributed by atoms with van der Waals surface area (Å²) in [6.07, 6.45) is 0. The van der Waals surface area contributed by atoms with Crippen molar-refractivity contribution >= 4 is 27.7 Å². The van der Waals surface area contributed by atoms with Crippen LogP contribution in [-0.2, 0) is 20.6 Å². The van der Waals surface area contributed by atoms with Gasteiger partial charge in [0.05, 0.1) is 4.90 Å². The van der Waals surface area contributed by atoms with Gasteiger partial charge in [-0.2, -0.15) is 0 Å². The maximum Gasteiger partial charge on any atom is 0.265 e. The number of carbonyl (C=O) groups is 1. The van der Waals surface area contributed by atoms with Gasteiger partial charge in [-0.1, -0.05) is 53.0 Å². The number of sulfonamides is 1. The number of nitrogens with zero attached hydrogens (tertiary/aromatic N) is 1. The number of ether oxygens (including phenoxy) is 1. The van der Waals surface area contributed by atoms with Crippen molar-refractivity contribution in [3.63, 3.8) is 0 Å². The molecular weight excluding hydrogens is 460 g/mol. The molecule has 3 rings (SSSR count). The Morgan fingerprint density at radius 1 is 0.970 bits per heavy atom. The Kier molecular flexibility index (Phi) is 7.80. The zero-order valence-corrected chi connectivity index (χ0v) is 19.9. The number of thioether (sulfide) groups is 1. The van der Waals surface area contributed by atoms with E-state index in [0.29, 0.717) is 17.3 Å². The van der Waals surface area contributed by atoms with Gasteiger partial charge in [-0.3, -0.25) is 10.0 Å². The number of hydrogen-bond acceptors (Lipinski definition) is 6. The lowest BCUT2D eigenvalue weighted by Crippen LogP contribution is -2.55. The predicted octanol–water partition coefficient (Wildman–Crippen LogP) is 4.42. The van der Waals surface area contributed by atoms with Crippen LogP contribution in [0.15, 0.2) is 89.8 Å². The second kappa shape index (κ2) is 10.4. The second-order valence-electron chi connectivity index (χ2n) is 7.85. The summed E-state index contributed by atoms with van der Waals surface area (Å²) >= 11 is 1.32. The molecular formula is C24H26N2O5S2. The van der Waals surface area contributed by atoms with Crippen molar-refractivity contribution in [2.45, 2.75) is 35.3 Å². The van der Waals surface area contributed by atoms with Crippen LogP contribution in [0.5, 0.6) is 11.5 Å². The van der Waals surface area contributed by atoms with Gasteiger partial charge >= 0.3 is 0 Å². The molecule has 0 aliphatic heterocycles. The Balaban J connectivity index is 1.79. The Morgan fingerprint density at radius 2 is 1.48 bits per heavy atom. The molecule has 0 fully saturated rings. The van der Waals surface area contributed by atoms with Crippen molar-refractivity contribution in [1.82, 2.24) is 4.47 Å². The summed E-state index contributed by atoms with van der Waals surface area (Å²) in [5.74, 6) is 0.588. The van der Waals surface area contributed by atoms with E-state index in [4.69, 9.17) is 10.5 Å². The molecule has 0 aromatic heterocycles.